The third-order valence-corrected chi connectivity index (χ3v) is 4.75. The predicted molar refractivity (Wildman–Crippen MR) is 87.1 cm³/mol. The second kappa shape index (κ2) is 7.04. The van der Waals surface area contributed by atoms with Crippen LogP contribution >= 0.6 is 0 Å². The Labute approximate surface area is 127 Å². The molecular weight excluding hydrogens is 258 g/mol. The molecule has 2 fully saturated rings. The first-order valence-corrected chi connectivity index (χ1v) is 8.35. The van der Waals surface area contributed by atoms with E-state index in [0.717, 1.165) is 36.9 Å². The van der Waals surface area contributed by atoms with Gasteiger partial charge in [-0.2, -0.15) is 0 Å². The summed E-state index contributed by atoms with van der Waals surface area (Å²) >= 11 is 0. The van der Waals surface area contributed by atoms with Crippen molar-refractivity contribution in [3.63, 3.8) is 0 Å². The minimum atomic E-state index is 0.229. The van der Waals surface area contributed by atoms with Gasteiger partial charge in [0.2, 0.25) is 0 Å². The SMILES string of the molecule is O=C1/C(=C/c2ccccc2)CCCC1CN1CCCCC1. The summed E-state index contributed by atoms with van der Waals surface area (Å²) in [4.78, 5) is 15.2. The zero-order valence-electron chi connectivity index (χ0n) is 12.8. The molecule has 0 spiro atoms. The van der Waals surface area contributed by atoms with Gasteiger partial charge in [-0.3, -0.25) is 4.79 Å². The maximum Gasteiger partial charge on any atom is 0.163 e. The van der Waals surface area contributed by atoms with Crippen LogP contribution in [0.3, 0.4) is 0 Å². The molecule has 2 aliphatic rings. The quantitative estimate of drug-likeness (QED) is 0.784. The molecule has 1 saturated heterocycles. The molecule has 0 radical (unpaired) electrons. The average molecular weight is 283 g/mol. The molecule has 1 aromatic rings. The van der Waals surface area contributed by atoms with Crippen molar-refractivity contribution in [3.05, 3.63) is 41.5 Å². The largest absolute Gasteiger partial charge is 0.303 e. The number of allylic oxidation sites excluding steroid dienone is 1. The van der Waals surface area contributed by atoms with E-state index in [9.17, 15) is 4.79 Å². The van der Waals surface area contributed by atoms with Crippen molar-refractivity contribution in [2.24, 2.45) is 5.92 Å². The number of Topliss-reactive ketones (excluding diaryl/α,β-unsaturated/α-hetero) is 1. The lowest BCUT2D eigenvalue weighted by Crippen LogP contribution is -2.38. The smallest absolute Gasteiger partial charge is 0.163 e. The maximum atomic E-state index is 12.7. The summed E-state index contributed by atoms with van der Waals surface area (Å²) in [5, 5.41) is 0. The fourth-order valence-electron chi connectivity index (χ4n) is 3.58. The van der Waals surface area contributed by atoms with Gasteiger partial charge in [-0.15, -0.1) is 0 Å². The van der Waals surface area contributed by atoms with Gasteiger partial charge in [0, 0.05) is 12.5 Å². The van der Waals surface area contributed by atoms with E-state index < -0.39 is 0 Å². The second-order valence-electron chi connectivity index (χ2n) is 6.39. The number of rotatable bonds is 3. The number of hydrogen-bond acceptors (Lipinski definition) is 2. The highest BCUT2D eigenvalue weighted by atomic mass is 16.1. The van der Waals surface area contributed by atoms with E-state index in [0.29, 0.717) is 5.78 Å². The molecule has 0 N–H and O–H groups in total. The Bertz CT molecular complexity index is 500. The molecule has 3 rings (SSSR count). The Morgan fingerprint density at radius 1 is 1.05 bits per heavy atom. The molecule has 1 atom stereocenters. The van der Waals surface area contributed by atoms with Crippen molar-refractivity contribution >= 4 is 11.9 Å². The number of likely N-dealkylation sites (tertiary alicyclic amines) is 1. The van der Waals surface area contributed by atoms with E-state index in [2.05, 4.69) is 23.1 Å². The van der Waals surface area contributed by atoms with Crippen molar-refractivity contribution in [1.29, 1.82) is 0 Å². The van der Waals surface area contributed by atoms with Crippen LogP contribution in [0, 0.1) is 5.92 Å². The van der Waals surface area contributed by atoms with Gasteiger partial charge in [0.15, 0.2) is 5.78 Å². The van der Waals surface area contributed by atoms with E-state index in [4.69, 9.17) is 0 Å². The minimum absolute atomic E-state index is 0.229. The van der Waals surface area contributed by atoms with Crippen LogP contribution in [-0.4, -0.2) is 30.3 Å². The predicted octanol–water partition coefficient (Wildman–Crippen LogP) is 3.93. The van der Waals surface area contributed by atoms with E-state index in [-0.39, 0.29) is 5.92 Å². The van der Waals surface area contributed by atoms with Crippen molar-refractivity contribution < 1.29 is 4.79 Å². The number of hydrogen-bond donors (Lipinski definition) is 0. The van der Waals surface area contributed by atoms with Gasteiger partial charge >= 0.3 is 0 Å². The van der Waals surface area contributed by atoms with Crippen LogP contribution in [-0.2, 0) is 4.79 Å². The Morgan fingerprint density at radius 3 is 2.57 bits per heavy atom. The molecule has 1 aliphatic heterocycles. The summed E-state index contributed by atoms with van der Waals surface area (Å²) in [7, 11) is 0. The normalized spacial score (nSPS) is 26.2. The van der Waals surface area contributed by atoms with Crippen molar-refractivity contribution in [2.45, 2.75) is 38.5 Å². The summed E-state index contributed by atoms with van der Waals surface area (Å²) < 4.78 is 0. The van der Waals surface area contributed by atoms with Crippen LogP contribution in [0.5, 0.6) is 0 Å². The zero-order chi connectivity index (χ0) is 14.5. The Kier molecular flexibility index (Phi) is 4.87. The molecule has 1 unspecified atom stereocenters. The Balaban J connectivity index is 1.67. The molecule has 2 nitrogen and oxygen atoms in total. The van der Waals surface area contributed by atoms with Gasteiger partial charge in [0.1, 0.15) is 0 Å². The van der Waals surface area contributed by atoms with E-state index in [1.54, 1.807) is 0 Å². The molecule has 112 valence electrons. The topological polar surface area (TPSA) is 20.3 Å². The van der Waals surface area contributed by atoms with Crippen LogP contribution in [0.25, 0.3) is 6.08 Å². The fraction of sp³-hybridized carbons (Fsp3) is 0.526. The highest BCUT2D eigenvalue weighted by molar-refractivity contribution is 6.01. The highest BCUT2D eigenvalue weighted by Crippen LogP contribution is 2.28. The summed E-state index contributed by atoms with van der Waals surface area (Å²) in [6, 6.07) is 10.2. The Hall–Kier alpha value is -1.41. The fourth-order valence-corrected chi connectivity index (χ4v) is 3.58. The molecule has 1 heterocycles. The molecule has 0 bridgehead atoms. The minimum Gasteiger partial charge on any atom is -0.303 e. The summed E-state index contributed by atoms with van der Waals surface area (Å²) in [5.41, 5.74) is 2.19. The summed E-state index contributed by atoms with van der Waals surface area (Å²) in [5.74, 6) is 0.627. The lowest BCUT2D eigenvalue weighted by molar-refractivity contribution is -0.121. The van der Waals surface area contributed by atoms with Gasteiger partial charge in [-0.1, -0.05) is 36.8 Å². The third kappa shape index (κ3) is 3.82. The highest BCUT2D eigenvalue weighted by Gasteiger charge is 2.28. The Morgan fingerprint density at radius 2 is 1.81 bits per heavy atom. The van der Waals surface area contributed by atoms with Gasteiger partial charge < -0.3 is 4.90 Å². The van der Waals surface area contributed by atoms with E-state index >= 15 is 0 Å². The summed E-state index contributed by atoms with van der Waals surface area (Å²) in [6.45, 7) is 3.34. The van der Waals surface area contributed by atoms with Gasteiger partial charge in [-0.05, 0) is 62.4 Å². The maximum absolute atomic E-state index is 12.7. The van der Waals surface area contributed by atoms with Crippen molar-refractivity contribution in [3.8, 4) is 0 Å². The number of carbonyl (C=O) groups is 1. The van der Waals surface area contributed by atoms with Gasteiger partial charge in [0.25, 0.3) is 0 Å². The van der Waals surface area contributed by atoms with Gasteiger partial charge in [-0.25, -0.2) is 0 Å². The third-order valence-electron chi connectivity index (χ3n) is 4.75. The molecule has 0 amide bonds. The molecular formula is C19H25NO. The number of benzene rings is 1. The first-order chi connectivity index (χ1) is 10.3. The first-order valence-electron chi connectivity index (χ1n) is 8.35. The van der Waals surface area contributed by atoms with Crippen LogP contribution in [0.2, 0.25) is 0 Å². The zero-order valence-corrected chi connectivity index (χ0v) is 12.8. The molecule has 1 saturated carbocycles. The molecule has 1 aliphatic carbocycles. The number of piperidine rings is 1. The van der Waals surface area contributed by atoms with E-state index in [1.807, 2.05) is 18.2 Å². The van der Waals surface area contributed by atoms with Crippen LogP contribution in [0.1, 0.15) is 44.1 Å². The van der Waals surface area contributed by atoms with E-state index in [1.165, 1.54) is 32.4 Å². The monoisotopic (exact) mass is 283 g/mol. The van der Waals surface area contributed by atoms with Crippen molar-refractivity contribution in [1.82, 2.24) is 4.90 Å². The number of ketones is 1. The number of carbonyl (C=O) groups excluding carboxylic acids is 1. The van der Waals surface area contributed by atoms with Crippen LogP contribution < -0.4 is 0 Å². The molecule has 21 heavy (non-hydrogen) atoms. The standard InChI is InChI=1S/C19H25NO/c21-19-17(14-16-8-3-1-4-9-16)10-7-11-18(19)15-20-12-5-2-6-13-20/h1,3-4,8-9,14,18H,2,5-7,10-13,15H2/b17-14+. The molecule has 2 heteroatoms. The molecule has 1 aromatic carbocycles. The first kappa shape index (κ1) is 14.5. The molecule has 0 aromatic heterocycles. The lowest BCUT2D eigenvalue weighted by atomic mass is 9.83. The number of nitrogens with zero attached hydrogens (tertiary/aromatic N) is 1. The van der Waals surface area contributed by atoms with Crippen LogP contribution in [0.4, 0.5) is 0 Å². The lowest BCUT2D eigenvalue weighted by Gasteiger charge is -2.32. The van der Waals surface area contributed by atoms with Gasteiger partial charge in [0.05, 0.1) is 0 Å². The average Bonchev–Trinajstić information content (AvgIpc) is 2.53. The second-order valence-corrected chi connectivity index (χ2v) is 6.39. The summed E-state index contributed by atoms with van der Waals surface area (Å²) in [6.07, 6.45) is 9.23. The van der Waals surface area contributed by atoms with Crippen LogP contribution in [0.15, 0.2) is 35.9 Å². The van der Waals surface area contributed by atoms with Crippen molar-refractivity contribution in [2.75, 3.05) is 19.6 Å².